The zero-order chi connectivity index (χ0) is 19.3. The summed E-state index contributed by atoms with van der Waals surface area (Å²) < 4.78 is 33.7. The molecule has 1 amide bonds. The number of carbonyl (C=O) groups excluding carboxylic acids is 1. The molecule has 2 N–H and O–H groups in total. The summed E-state index contributed by atoms with van der Waals surface area (Å²) in [4.78, 5) is 25.2. The number of nitrogens with one attached hydrogen (secondary N) is 1. The molecule has 26 heavy (non-hydrogen) atoms. The summed E-state index contributed by atoms with van der Waals surface area (Å²) in [5, 5.41) is 11.2. The van der Waals surface area contributed by atoms with E-state index in [4.69, 9.17) is 9.90 Å². The minimum absolute atomic E-state index is 0.216. The first-order chi connectivity index (χ1) is 12.2. The maximum absolute atomic E-state index is 12.1. The van der Waals surface area contributed by atoms with E-state index in [-0.39, 0.29) is 11.8 Å². The van der Waals surface area contributed by atoms with Crippen LogP contribution in [-0.2, 0) is 16.6 Å². The van der Waals surface area contributed by atoms with Crippen molar-refractivity contribution < 1.29 is 27.9 Å². The van der Waals surface area contributed by atoms with Gasteiger partial charge in [0, 0.05) is 37.7 Å². The lowest BCUT2D eigenvalue weighted by Crippen LogP contribution is -2.34. The fourth-order valence-electron chi connectivity index (χ4n) is 3.02. The minimum Gasteiger partial charge on any atom is -0.475 e. The number of aromatic nitrogens is 2. The van der Waals surface area contributed by atoms with Gasteiger partial charge in [-0.3, -0.25) is 4.79 Å². The van der Waals surface area contributed by atoms with Gasteiger partial charge in [-0.15, -0.1) is 0 Å². The summed E-state index contributed by atoms with van der Waals surface area (Å²) >= 11 is 1.68. The Labute approximate surface area is 152 Å². The Kier molecular flexibility index (Phi) is 6.74. The number of fused-ring (bicyclic) bond motifs is 2. The number of aryl methyl sites for hydroxylation is 1. The maximum atomic E-state index is 12.1. The van der Waals surface area contributed by atoms with Gasteiger partial charge >= 0.3 is 12.1 Å². The molecule has 1 aromatic heterocycles. The number of amides is 1. The van der Waals surface area contributed by atoms with Gasteiger partial charge in [0.05, 0.1) is 0 Å². The molecule has 10 heteroatoms. The molecule has 0 unspecified atom stereocenters. The molecule has 1 heterocycles. The molecule has 144 valence electrons. The number of nitrogens with zero attached hydrogens (tertiary/aromatic N) is 2. The molecule has 2 aliphatic rings. The van der Waals surface area contributed by atoms with Crippen molar-refractivity contribution in [3.05, 3.63) is 24.5 Å². The van der Waals surface area contributed by atoms with Gasteiger partial charge in [0.2, 0.25) is 5.91 Å². The number of aliphatic carboxylic acids is 1. The molecule has 1 aromatic rings. The van der Waals surface area contributed by atoms with Crippen LogP contribution in [0.1, 0.15) is 12.8 Å². The lowest BCUT2D eigenvalue weighted by atomic mass is 9.93. The van der Waals surface area contributed by atoms with Gasteiger partial charge in [-0.2, -0.15) is 13.2 Å². The summed E-state index contributed by atoms with van der Waals surface area (Å²) in [5.74, 6) is -0.291. The third-order valence-corrected chi connectivity index (χ3v) is 5.33. The molecular weight excluding hydrogens is 371 g/mol. The molecule has 0 aromatic carbocycles. The zero-order valence-electron chi connectivity index (χ0n) is 14.1. The molecule has 1 saturated carbocycles. The second-order valence-electron chi connectivity index (χ2n) is 6.15. The number of halogens is 3. The Hall–Kier alpha value is -1.97. The molecule has 0 spiro atoms. The van der Waals surface area contributed by atoms with Crippen LogP contribution in [0.4, 0.5) is 13.2 Å². The highest BCUT2D eigenvalue weighted by molar-refractivity contribution is 7.99. The van der Waals surface area contributed by atoms with E-state index in [2.05, 4.69) is 22.5 Å². The van der Waals surface area contributed by atoms with E-state index in [1.807, 2.05) is 17.8 Å². The highest BCUT2D eigenvalue weighted by atomic mass is 32.2. The first-order valence-corrected chi connectivity index (χ1v) is 9.03. The van der Waals surface area contributed by atoms with Crippen molar-refractivity contribution >= 4 is 23.6 Å². The van der Waals surface area contributed by atoms with E-state index in [1.165, 1.54) is 6.42 Å². The summed E-state index contributed by atoms with van der Waals surface area (Å²) in [6.07, 6.45) is 5.36. The summed E-state index contributed by atoms with van der Waals surface area (Å²) in [5.41, 5.74) is 0. The molecule has 3 rings (SSSR count). The zero-order valence-corrected chi connectivity index (χ0v) is 14.9. The quantitative estimate of drug-likeness (QED) is 0.458. The van der Waals surface area contributed by atoms with Crippen molar-refractivity contribution in [1.82, 2.24) is 14.9 Å². The molecule has 6 nitrogen and oxygen atoms in total. The summed E-state index contributed by atoms with van der Waals surface area (Å²) in [6, 6.07) is 0. The lowest BCUT2D eigenvalue weighted by Gasteiger charge is -2.17. The maximum Gasteiger partial charge on any atom is 0.490 e. The first-order valence-electron chi connectivity index (χ1n) is 8.04. The number of hydrogen-bond donors (Lipinski definition) is 2. The van der Waals surface area contributed by atoms with Crippen LogP contribution < -0.4 is 5.32 Å². The SMILES string of the molecule is Cn1ccnc1SCCNC(=O)[C@@H]1C[C@@H]2C=C[C@H]1C2.O=C(O)C(F)(F)F. The molecular formula is C16H20F3N3O3S. The summed E-state index contributed by atoms with van der Waals surface area (Å²) in [7, 11) is 1.98. The van der Waals surface area contributed by atoms with E-state index in [0.29, 0.717) is 18.4 Å². The van der Waals surface area contributed by atoms with Crippen molar-refractivity contribution in [2.75, 3.05) is 12.3 Å². The number of carboxylic acids is 1. The molecule has 2 aliphatic carbocycles. The van der Waals surface area contributed by atoms with Crippen LogP contribution in [0.15, 0.2) is 29.7 Å². The molecule has 0 aliphatic heterocycles. The van der Waals surface area contributed by atoms with E-state index in [0.717, 1.165) is 17.3 Å². The van der Waals surface area contributed by atoms with Crippen molar-refractivity contribution in [1.29, 1.82) is 0 Å². The van der Waals surface area contributed by atoms with E-state index < -0.39 is 12.1 Å². The van der Waals surface area contributed by atoms with Crippen LogP contribution in [0, 0.1) is 17.8 Å². The fraction of sp³-hybridized carbons (Fsp3) is 0.562. The van der Waals surface area contributed by atoms with Gasteiger partial charge in [0.25, 0.3) is 0 Å². The Morgan fingerprint density at radius 1 is 1.38 bits per heavy atom. The molecule has 0 radical (unpaired) electrons. The Balaban J connectivity index is 0.000000298. The van der Waals surface area contributed by atoms with E-state index in [9.17, 15) is 18.0 Å². The van der Waals surface area contributed by atoms with Crippen molar-refractivity contribution in [3.8, 4) is 0 Å². The van der Waals surface area contributed by atoms with Crippen LogP contribution in [0.5, 0.6) is 0 Å². The second-order valence-corrected chi connectivity index (χ2v) is 7.21. The highest BCUT2D eigenvalue weighted by Crippen LogP contribution is 2.43. The normalized spacial score (nSPS) is 23.5. The highest BCUT2D eigenvalue weighted by Gasteiger charge is 2.39. The van der Waals surface area contributed by atoms with Gasteiger partial charge in [-0.1, -0.05) is 23.9 Å². The summed E-state index contributed by atoms with van der Waals surface area (Å²) in [6.45, 7) is 0.716. The number of allylic oxidation sites excluding steroid dienone is 2. The number of rotatable bonds is 5. The van der Waals surface area contributed by atoms with E-state index in [1.54, 1.807) is 18.0 Å². The largest absolute Gasteiger partial charge is 0.490 e. The van der Waals surface area contributed by atoms with Gasteiger partial charge in [0.15, 0.2) is 5.16 Å². The van der Waals surface area contributed by atoms with Gasteiger partial charge in [-0.25, -0.2) is 9.78 Å². The van der Waals surface area contributed by atoms with Crippen LogP contribution in [-0.4, -0.2) is 45.0 Å². The third kappa shape index (κ3) is 5.52. The van der Waals surface area contributed by atoms with Crippen molar-refractivity contribution in [2.24, 2.45) is 24.8 Å². The van der Waals surface area contributed by atoms with E-state index >= 15 is 0 Å². The predicted octanol–water partition coefficient (Wildman–Crippen LogP) is 2.47. The third-order valence-electron chi connectivity index (χ3n) is 4.27. The van der Waals surface area contributed by atoms with Gasteiger partial charge in [0.1, 0.15) is 0 Å². The predicted molar refractivity (Wildman–Crippen MR) is 89.5 cm³/mol. The number of thioether (sulfide) groups is 1. The standard InChI is InChI=1S/C14H19N3OS.C2HF3O2/c1-17-6-4-16-14(17)19-7-5-15-13(18)12-9-10-2-3-11(12)8-10;3-2(4,5)1(6)7/h2-4,6,10-12H,5,7-9H2,1H3,(H,15,18);(H,6,7)/t10-,11+,12-;/m1./s1. The smallest absolute Gasteiger partial charge is 0.475 e. The number of hydrogen-bond acceptors (Lipinski definition) is 4. The van der Waals surface area contributed by atoms with Crippen LogP contribution in [0.2, 0.25) is 0 Å². The number of alkyl halides is 3. The second kappa shape index (κ2) is 8.61. The van der Waals surface area contributed by atoms with Crippen molar-refractivity contribution in [2.45, 2.75) is 24.2 Å². The Bertz CT molecular complexity index is 675. The lowest BCUT2D eigenvalue weighted by molar-refractivity contribution is -0.192. The topological polar surface area (TPSA) is 84.2 Å². The van der Waals surface area contributed by atoms with Crippen molar-refractivity contribution in [3.63, 3.8) is 0 Å². The Morgan fingerprint density at radius 3 is 2.54 bits per heavy atom. The van der Waals surface area contributed by atoms with Crippen LogP contribution in [0.25, 0.3) is 0 Å². The van der Waals surface area contributed by atoms with Crippen LogP contribution >= 0.6 is 11.8 Å². The monoisotopic (exact) mass is 391 g/mol. The number of imidazole rings is 1. The van der Waals surface area contributed by atoms with Crippen LogP contribution in [0.3, 0.4) is 0 Å². The first kappa shape index (κ1) is 20.3. The molecule has 2 bridgehead atoms. The fourth-order valence-corrected chi connectivity index (χ4v) is 3.81. The minimum atomic E-state index is -5.08. The molecule has 0 saturated heterocycles. The number of carbonyl (C=O) groups is 2. The molecule has 3 atom stereocenters. The molecule has 1 fully saturated rings. The van der Waals surface area contributed by atoms with Gasteiger partial charge < -0.3 is 15.0 Å². The average Bonchev–Trinajstić information content (AvgIpc) is 3.28. The number of carboxylic acid groups (broad SMARTS) is 1. The van der Waals surface area contributed by atoms with Gasteiger partial charge in [-0.05, 0) is 24.7 Å². The average molecular weight is 391 g/mol. The Morgan fingerprint density at radius 2 is 2.08 bits per heavy atom.